The average Bonchev–Trinajstić information content (AvgIpc) is 2.47. The predicted octanol–water partition coefficient (Wildman–Crippen LogP) is 1.84. The average molecular weight is 304 g/mol. The largest absolute Gasteiger partial charge is 0.325 e. The summed E-state index contributed by atoms with van der Waals surface area (Å²) in [6.45, 7) is 0. The molecule has 9 nitrogen and oxygen atoms in total. The maximum absolute atomic E-state index is 11.1. The maximum atomic E-state index is 11.1. The third kappa shape index (κ3) is 3.27. The van der Waals surface area contributed by atoms with E-state index in [1.165, 1.54) is 12.1 Å². The first-order valence-electron chi connectivity index (χ1n) is 6.23. The van der Waals surface area contributed by atoms with Crippen LogP contribution < -0.4 is 16.2 Å². The van der Waals surface area contributed by atoms with Crippen molar-refractivity contribution in [2.45, 2.75) is 0 Å². The second kappa shape index (κ2) is 6.06. The van der Waals surface area contributed by atoms with E-state index in [-0.39, 0.29) is 17.1 Å². The Morgan fingerprint density at radius 1 is 1.05 bits per heavy atom. The maximum Gasteiger partial charge on any atom is 0.300 e. The zero-order valence-electron chi connectivity index (χ0n) is 11.7. The molecule has 2 aromatic rings. The zero-order chi connectivity index (χ0) is 16.3. The Hall–Kier alpha value is -3.20. The van der Waals surface area contributed by atoms with Crippen molar-refractivity contribution >= 4 is 28.4 Å². The number of hydrogen-bond acceptors (Lipinski definition) is 6. The minimum absolute atomic E-state index is 0.164. The number of non-ortho nitro benzene ring substituents is 1. The van der Waals surface area contributed by atoms with Crippen LogP contribution in [0.4, 0.5) is 28.4 Å². The summed E-state index contributed by atoms with van der Waals surface area (Å²) in [5.74, 6) is 0. The van der Waals surface area contributed by atoms with Gasteiger partial charge in [0.15, 0.2) is 0 Å². The molecule has 0 spiro atoms. The van der Waals surface area contributed by atoms with Gasteiger partial charge in [0.25, 0.3) is 5.69 Å². The van der Waals surface area contributed by atoms with Gasteiger partial charge in [0.1, 0.15) is 11.4 Å². The lowest BCUT2D eigenvalue weighted by molar-refractivity contribution is -0.393. The van der Waals surface area contributed by atoms with E-state index in [9.17, 15) is 20.2 Å². The van der Waals surface area contributed by atoms with Gasteiger partial charge in [-0.2, -0.15) is 0 Å². The van der Waals surface area contributed by atoms with Crippen LogP contribution in [-0.2, 0) is 0 Å². The third-order valence-corrected chi connectivity index (χ3v) is 3.00. The zero-order valence-corrected chi connectivity index (χ0v) is 11.7. The van der Waals surface area contributed by atoms with Crippen molar-refractivity contribution in [1.29, 1.82) is 0 Å². The van der Waals surface area contributed by atoms with Crippen LogP contribution in [0, 0.1) is 20.2 Å². The molecule has 0 aromatic heterocycles. The summed E-state index contributed by atoms with van der Waals surface area (Å²) in [5, 5.41) is 23.4. The van der Waals surface area contributed by atoms with Gasteiger partial charge in [-0.15, -0.1) is 0 Å². The van der Waals surface area contributed by atoms with E-state index in [1.807, 2.05) is 0 Å². The number of benzene rings is 2. The highest BCUT2D eigenvalue weighted by Gasteiger charge is 2.20. The quantitative estimate of drug-likeness (QED) is 0.640. The molecule has 0 saturated carbocycles. The molecule has 0 amide bonds. The summed E-state index contributed by atoms with van der Waals surface area (Å²) in [6, 6.07) is 10.6. The molecule has 0 aliphatic heterocycles. The smallest absolute Gasteiger partial charge is 0.300 e. The minimum Gasteiger partial charge on any atom is -0.325 e. The molecule has 22 heavy (non-hydrogen) atoms. The SMILES string of the molecule is CN(Nc1ccc([N+](=O)[O-])cc1[N+](=O)[O-])c1ccc([NH3+])cc1. The van der Waals surface area contributed by atoms with Gasteiger partial charge in [0.2, 0.25) is 0 Å². The monoisotopic (exact) mass is 304 g/mol. The number of hydrogen-bond donors (Lipinski definition) is 2. The third-order valence-electron chi connectivity index (χ3n) is 3.00. The van der Waals surface area contributed by atoms with Crippen LogP contribution in [0.25, 0.3) is 0 Å². The highest BCUT2D eigenvalue weighted by molar-refractivity contribution is 5.68. The summed E-state index contributed by atoms with van der Waals surface area (Å²) in [6.07, 6.45) is 0. The first-order valence-corrected chi connectivity index (χ1v) is 6.23. The number of nitrogens with zero attached hydrogens (tertiary/aromatic N) is 3. The van der Waals surface area contributed by atoms with Crippen LogP contribution in [0.1, 0.15) is 0 Å². The molecular formula is C13H14N5O4+. The molecule has 0 fully saturated rings. The Bertz CT molecular complexity index is 717. The molecule has 4 N–H and O–H groups in total. The lowest BCUT2D eigenvalue weighted by atomic mass is 10.2. The Balaban J connectivity index is 2.30. The second-order valence-electron chi connectivity index (χ2n) is 4.55. The summed E-state index contributed by atoms with van der Waals surface area (Å²) in [4.78, 5) is 20.4. The fourth-order valence-electron chi connectivity index (χ4n) is 1.84. The molecule has 0 atom stereocenters. The molecular weight excluding hydrogens is 290 g/mol. The van der Waals surface area contributed by atoms with Gasteiger partial charge in [-0.05, 0) is 18.2 Å². The van der Waals surface area contributed by atoms with E-state index < -0.39 is 9.85 Å². The molecule has 0 heterocycles. The van der Waals surface area contributed by atoms with Crippen LogP contribution in [-0.4, -0.2) is 16.9 Å². The van der Waals surface area contributed by atoms with E-state index >= 15 is 0 Å². The fourth-order valence-corrected chi connectivity index (χ4v) is 1.84. The van der Waals surface area contributed by atoms with Crippen molar-refractivity contribution in [3.05, 3.63) is 62.7 Å². The molecule has 0 saturated heterocycles. The van der Waals surface area contributed by atoms with Gasteiger partial charge in [0.05, 0.1) is 21.6 Å². The van der Waals surface area contributed by atoms with Gasteiger partial charge in [0, 0.05) is 25.2 Å². The van der Waals surface area contributed by atoms with Crippen LogP contribution in [0.15, 0.2) is 42.5 Å². The Kier molecular flexibility index (Phi) is 4.18. The number of nitrogens with one attached hydrogen (secondary N) is 1. The minimum atomic E-state index is -0.673. The lowest BCUT2D eigenvalue weighted by Crippen LogP contribution is -2.40. The molecule has 0 aliphatic rings. The Labute approximate surface area is 125 Å². The van der Waals surface area contributed by atoms with Crippen LogP contribution in [0.3, 0.4) is 0 Å². The van der Waals surface area contributed by atoms with E-state index in [4.69, 9.17) is 0 Å². The highest BCUT2D eigenvalue weighted by atomic mass is 16.6. The van der Waals surface area contributed by atoms with Crippen LogP contribution in [0.5, 0.6) is 0 Å². The molecule has 0 aliphatic carbocycles. The number of quaternary nitrogens is 1. The van der Waals surface area contributed by atoms with Crippen LogP contribution in [0.2, 0.25) is 0 Å². The first kappa shape index (κ1) is 15.2. The molecule has 0 bridgehead atoms. The number of nitro benzene ring substituents is 2. The highest BCUT2D eigenvalue weighted by Crippen LogP contribution is 2.30. The van der Waals surface area contributed by atoms with Gasteiger partial charge >= 0.3 is 5.69 Å². The van der Waals surface area contributed by atoms with Gasteiger partial charge in [-0.25, -0.2) is 0 Å². The first-order chi connectivity index (χ1) is 10.4. The molecule has 2 aromatic carbocycles. The summed E-state index contributed by atoms with van der Waals surface area (Å²) >= 11 is 0. The molecule has 0 unspecified atom stereocenters. The molecule has 0 radical (unpaired) electrons. The number of nitro groups is 2. The van der Waals surface area contributed by atoms with Gasteiger partial charge in [-0.3, -0.25) is 30.7 Å². The van der Waals surface area contributed by atoms with Crippen molar-refractivity contribution in [2.24, 2.45) is 0 Å². The molecule has 9 heteroatoms. The van der Waals surface area contributed by atoms with Crippen molar-refractivity contribution in [1.82, 2.24) is 0 Å². The van der Waals surface area contributed by atoms with Crippen LogP contribution >= 0.6 is 0 Å². The number of anilines is 2. The van der Waals surface area contributed by atoms with E-state index in [1.54, 1.807) is 36.3 Å². The molecule has 2 rings (SSSR count). The number of rotatable bonds is 5. The Morgan fingerprint density at radius 3 is 2.23 bits per heavy atom. The van der Waals surface area contributed by atoms with Gasteiger partial charge < -0.3 is 5.73 Å². The van der Waals surface area contributed by atoms with Crippen molar-refractivity contribution in [3.63, 3.8) is 0 Å². The lowest BCUT2D eigenvalue weighted by Gasteiger charge is -2.21. The van der Waals surface area contributed by atoms with E-state index in [0.29, 0.717) is 0 Å². The van der Waals surface area contributed by atoms with Gasteiger partial charge in [-0.1, -0.05) is 0 Å². The summed E-state index contributed by atoms with van der Waals surface area (Å²) < 4.78 is 0. The predicted molar refractivity (Wildman–Crippen MR) is 80.8 cm³/mol. The summed E-state index contributed by atoms with van der Waals surface area (Å²) in [5.41, 5.74) is 7.69. The van der Waals surface area contributed by atoms with Crippen molar-refractivity contribution < 1.29 is 15.6 Å². The number of hydrazine groups is 1. The normalized spacial score (nSPS) is 10.1. The van der Waals surface area contributed by atoms with Crippen molar-refractivity contribution in [3.8, 4) is 0 Å². The molecule has 114 valence electrons. The van der Waals surface area contributed by atoms with E-state index in [0.717, 1.165) is 17.4 Å². The van der Waals surface area contributed by atoms with E-state index in [2.05, 4.69) is 11.2 Å². The summed E-state index contributed by atoms with van der Waals surface area (Å²) in [7, 11) is 1.68. The Morgan fingerprint density at radius 2 is 1.68 bits per heavy atom. The fraction of sp³-hybridized carbons (Fsp3) is 0.0769. The topological polar surface area (TPSA) is 129 Å². The van der Waals surface area contributed by atoms with Crippen molar-refractivity contribution in [2.75, 3.05) is 17.5 Å². The second-order valence-corrected chi connectivity index (χ2v) is 4.55. The standard InChI is InChI=1S/C13H13N5O4/c1-16(10-4-2-9(14)3-5-10)15-12-7-6-11(17(19)20)8-13(12)18(21)22/h2-8,15H,14H2,1H3/p+1.